The van der Waals surface area contributed by atoms with Crippen molar-refractivity contribution in [1.29, 1.82) is 0 Å². The predicted molar refractivity (Wildman–Crippen MR) is 91.6 cm³/mol. The molecule has 24 heavy (non-hydrogen) atoms. The number of benzene rings is 1. The minimum absolute atomic E-state index is 0.0700. The molecule has 0 unspecified atom stereocenters. The summed E-state index contributed by atoms with van der Waals surface area (Å²) in [6.45, 7) is 3.67. The number of carbonyl (C=O) groups is 2. The normalized spacial score (nSPS) is 15.8. The molecule has 132 valence electrons. The van der Waals surface area contributed by atoms with E-state index < -0.39 is 17.5 Å². The third-order valence-corrected chi connectivity index (χ3v) is 4.60. The van der Waals surface area contributed by atoms with E-state index in [0.29, 0.717) is 0 Å². The summed E-state index contributed by atoms with van der Waals surface area (Å²) in [6.07, 6.45) is 4.72. The zero-order chi connectivity index (χ0) is 17.6. The van der Waals surface area contributed by atoms with Gasteiger partial charge in [-0.3, -0.25) is 4.79 Å². The summed E-state index contributed by atoms with van der Waals surface area (Å²) in [7, 11) is 0. The fraction of sp³-hybridized carbons (Fsp3) is 0.579. The highest BCUT2D eigenvalue weighted by molar-refractivity contribution is 5.75. The van der Waals surface area contributed by atoms with Gasteiger partial charge in [0, 0.05) is 12.6 Å². The van der Waals surface area contributed by atoms with Gasteiger partial charge in [-0.25, -0.2) is 4.79 Å². The molecule has 0 spiro atoms. The van der Waals surface area contributed by atoms with Crippen LogP contribution in [0.2, 0.25) is 0 Å². The van der Waals surface area contributed by atoms with Crippen molar-refractivity contribution in [2.45, 2.75) is 58.6 Å². The van der Waals surface area contributed by atoms with E-state index >= 15 is 0 Å². The van der Waals surface area contributed by atoms with Crippen molar-refractivity contribution in [2.75, 3.05) is 6.54 Å². The minimum atomic E-state index is -0.997. The first kappa shape index (κ1) is 18.3. The first-order valence-electron chi connectivity index (χ1n) is 8.61. The van der Waals surface area contributed by atoms with E-state index in [1.165, 1.54) is 6.42 Å². The zero-order valence-corrected chi connectivity index (χ0v) is 14.5. The molecular formula is C19H27NO4. The number of aliphatic carboxylic acids is 1. The monoisotopic (exact) mass is 333 g/mol. The van der Waals surface area contributed by atoms with Gasteiger partial charge in [-0.2, -0.15) is 0 Å². The fourth-order valence-electron chi connectivity index (χ4n) is 3.03. The lowest BCUT2D eigenvalue weighted by atomic mass is 9.89. The van der Waals surface area contributed by atoms with Gasteiger partial charge in [-0.05, 0) is 32.3 Å². The molecule has 0 atom stereocenters. The summed E-state index contributed by atoms with van der Waals surface area (Å²) < 4.78 is 5.46. The van der Waals surface area contributed by atoms with Crippen molar-refractivity contribution in [3.8, 4) is 0 Å². The Morgan fingerprint density at radius 3 is 2.38 bits per heavy atom. The van der Waals surface area contributed by atoms with Gasteiger partial charge in [-0.1, -0.05) is 49.6 Å². The van der Waals surface area contributed by atoms with Gasteiger partial charge >= 0.3 is 12.1 Å². The predicted octanol–water partition coefficient (Wildman–Crippen LogP) is 4.07. The highest BCUT2D eigenvalue weighted by Crippen LogP contribution is 2.27. The van der Waals surface area contributed by atoms with E-state index in [1.807, 2.05) is 30.3 Å². The molecule has 1 amide bonds. The smallest absolute Gasteiger partial charge is 0.410 e. The average Bonchev–Trinajstić information content (AvgIpc) is 2.59. The molecule has 1 aliphatic carbocycles. The Morgan fingerprint density at radius 2 is 1.79 bits per heavy atom. The quantitative estimate of drug-likeness (QED) is 0.852. The molecule has 5 heteroatoms. The maximum Gasteiger partial charge on any atom is 0.410 e. The van der Waals surface area contributed by atoms with Crippen LogP contribution in [0.3, 0.4) is 0 Å². The number of hydrogen-bond donors (Lipinski definition) is 1. The van der Waals surface area contributed by atoms with Gasteiger partial charge in [0.05, 0.1) is 5.41 Å². The lowest BCUT2D eigenvalue weighted by Crippen LogP contribution is -2.48. The number of carboxylic acid groups (broad SMARTS) is 1. The lowest BCUT2D eigenvalue weighted by Gasteiger charge is -2.37. The molecular weight excluding hydrogens is 306 g/mol. The second-order valence-electron chi connectivity index (χ2n) is 7.15. The molecule has 0 aliphatic heterocycles. The van der Waals surface area contributed by atoms with Gasteiger partial charge in [0.1, 0.15) is 6.61 Å². The third kappa shape index (κ3) is 4.98. The maximum absolute atomic E-state index is 12.6. The third-order valence-electron chi connectivity index (χ3n) is 4.60. The van der Waals surface area contributed by atoms with Crippen LogP contribution in [0.15, 0.2) is 30.3 Å². The Kier molecular flexibility index (Phi) is 6.23. The summed E-state index contributed by atoms with van der Waals surface area (Å²) in [5.74, 6) is -0.904. The fourth-order valence-corrected chi connectivity index (χ4v) is 3.03. The summed E-state index contributed by atoms with van der Waals surface area (Å²) in [5, 5.41) is 9.40. The van der Waals surface area contributed by atoms with Crippen molar-refractivity contribution in [3.63, 3.8) is 0 Å². The topological polar surface area (TPSA) is 66.8 Å². The van der Waals surface area contributed by atoms with Crippen molar-refractivity contribution in [2.24, 2.45) is 5.41 Å². The molecule has 1 aromatic rings. The Hall–Kier alpha value is -2.04. The van der Waals surface area contributed by atoms with Crippen molar-refractivity contribution >= 4 is 12.1 Å². The highest BCUT2D eigenvalue weighted by atomic mass is 16.6. The van der Waals surface area contributed by atoms with Gasteiger partial charge in [0.2, 0.25) is 0 Å². The number of rotatable bonds is 6. The van der Waals surface area contributed by atoms with Crippen LogP contribution in [0.5, 0.6) is 0 Å². The molecule has 5 nitrogen and oxygen atoms in total. The van der Waals surface area contributed by atoms with Crippen LogP contribution < -0.4 is 0 Å². The summed E-state index contributed by atoms with van der Waals surface area (Å²) in [5.41, 5.74) is -0.0737. The largest absolute Gasteiger partial charge is 0.481 e. The Labute approximate surface area is 143 Å². The Morgan fingerprint density at radius 1 is 1.17 bits per heavy atom. The van der Waals surface area contributed by atoms with Crippen molar-refractivity contribution in [1.82, 2.24) is 4.90 Å². The number of nitrogens with zero attached hydrogens (tertiary/aromatic N) is 1. The second kappa shape index (κ2) is 8.18. The molecule has 1 fully saturated rings. The van der Waals surface area contributed by atoms with Crippen molar-refractivity contribution < 1.29 is 19.4 Å². The summed E-state index contributed by atoms with van der Waals surface area (Å²) in [6, 6.07) is 9.58. The zero-order valence-electron chi connectivity index (χ0n) is 14.5. The standard InChI is InChI=1S/C19H27NO4/c1-19(2,17(21)22)14-20(16-11-7-4-8-12-16)18(23)24-13-15-9-5-3-6-10-15/h3,5-6,9-10,16H,4,7-8,11-14H2,1-2H3,(H,21,22). The number of hydrogen-bond acceptors (Lipinski definition) is 3. The van der Waals surface area contributed by atoms with Gasteiger partial charge < -0.3 is 14.7 Å². The molecule has 0 aromatic heterocycles. The van der Waals surface area contributed by atoms with E-state index in [1.54, 1.807) is 18.7 Å². The second-order valence-corrected chi connectivity index (χ2v) is 7.15. The van der Waals surface area contributed by atoms with Crippen LogP contribution in [0.25, 0.3) is 0 Å². The van der Waals surface area contributed by atoms with Crippen LogP contribution in [0, 0.1) is 5.41 Å². The van der Waals surface area contributed by atoms with Gasteiger partial charge in [-0.15, -0.1) is 0 Å². The van der Waals surface area contributed by atoms with Gasteiger partial charge in [0.15, 0.2) is 0 Å². The SMILES string of the molecule is CC(C)(CN(C(=O)OCc1ccccc1)C1CCCCC1)C(=O)O. The minimum Gasteiger partial charge on any atom is -0.481 e. The molecule has 1 aliphatic rings. The van der Waals surface area contributed by atoms with Crippen LogP contribution >= 0.6 is 0 Å². The molecule has 1 N–H and O–H groups in total. The summed E-state index contributed by atoms with van der Waals surface area (Å²) >= 11 is 0. The Balaban J connectivity index is 2.05. The van der Waals surface area contributed by atoms with Crippen molar-refractivity contribution in [3.05, 3.63) is 35.9 Å². The van der Waals surface area contributed by atoms with Crippen LogP contribution in [0.4, 0.5) is 4.79 Å². The van der Waals surface area contributed by atoms with E-state index in [9.17, 15) is 14.7 Å². The van der Waals surface area contributed by atoms with Gasteiger partial charge in [0.25, 0.3) is 0 Å². The highest BCUT2D eigenvalue weighted by Gasteiger charge is 2.36. The van der Waals surface area contributed by atoms with Crippen LogP contribution in [-0.2, 0) is 16.1 Å². The number of carboxylic acids is 1. The van der Waals surface area contributed by atoms with Crippen LogP contribution in [0.1, 0.15) is 51.5 Å². The number of amides is 1. The molecule has 0 bridgehead atoms. The molecule has 0 heterocycles. The Bertz CT molecular complexity index is 550. The first-order chi connectivity index (χ1) is 11.4. The molecule has 0 saturated heterocycles. The lowest BCUT2D eigenvalue weighted by molar-refractivity contribution is -0.148. The molecule has 0 radical (unpaired) electrons. The average molecular weight is 333 g/mol. The number of ether oxygens (including phenoxy) is 1. The number of carbonyl (C=O) groups excluding carboxylic acids is 1. The molecule has 1 saturated carbocycles. The van der Waals surface area contributed by atoms with E-state index in [-0.39, 0.29) is 19.2 Å². The first-order valence-corrected chi connectivity index (χ1v) is 8.61. The van der Waals surface area contributed by atoms with E-state index in [4.69, 9.17) is 4.74 Å². The maximum atomic E-state index is 12.6. The van der Waals surface area contributed by atoms with Crippen LogP contribution in [-0.4, -0.2) is 34.7 Å². The summed E-state index contributed by atoms with van der Waals surface area (Å²) in [4.78, 5) is 25.7. The molecule has 2 rings (SSSR count). The van der Waals surface area contributed by atoms with E-state index in [0.717, 1.165) is 31.2 Å². The molecule has 1 aromatic carbocycles. The van der Waals surface area contributed by atoms with E-state index in [2.05, 4.69) is 0 Å².